The van der Waals surface area contributed by atoms with E-state index in [1.165, 1.54) is 57.8 Å². The number of hydrogen-bond donors (Lipinski definition) is 1. The molecule has 0 saturated carbocycles. The summed E-state index contributed by atoms with van der Waals surface area (Å²) in [5, 5.41) is 7.41. The summed E-state index contributed by atoms with van der Waals surface area (Å²) in [6, 6.07) is 0.315. The molecule has 0 bridgehead atoms. The molecular weight excluding hydrogens is 332 g/mol. The minimum Gasteiger partial charge on any atom is -0.340 e. The van der Waals surface area contributed by atoms with E-state index in [2.05, 4.69) is 37.8 Å². The normalized spacial score (nSPS) is 11.4. The van der Waals surface area contributed by atoms with Crippen LogP contribution in [0.25, 0.3) is 0 Å². The third kappa shape index (κ3) is 16.8. The molecule has 0 unspecified atom stereocenters. The lowest BCUT2D eigenvalue weighted by Gasteiger charge is -2.27. The Morgan fingerprint density at radius 1 is 0.852 bits per heavy atom. The lowest BCUT2D eigenvalue weighted by Crippen LogP contribution is -2.37. The molecule has 0 spiro atoms. The second-order valence-electron chi connectivity index (χ2n) is 8.19. The number of carbonyl (C=O) groups is 1. The van der Waals surface area contributed by atoms with E-state index in [-0.39, 0.29) is 0 Å². The van der Waals surface area contributed by atoms with Crippen LogP contribution in [0.3, 0.4) is 0 Å². The molecule has 3 heteroatoms. The van der Waals surface area contributed by atoms with Gasteiger partial charge in [0.1, 0.15) is 0 Å². The summed E-state index contributed by atoms with van der Waals surface area (Å²) in [5.41, 5.74) is 0.809. The zero-order chi connectivity index (χ0) is 20.3. The maximum Gasteiger partial charge on any atom is 0.222 e. The van der Waals surface area contributed by atoms with Crippen molar-refractivity contribution in [2.75, 3.05) is 6.54 Å². The maximum atomic E-state index is 12.4. The van der Waals surface area contributed by atoms with E-state index < -0.39 is 0 Å². The minimum atomic E-state index is 0.315. The molecule has 3 nitrogen and oxygen atoms in total. The number of rotatable bonds is 18. The average Bonchev–Trinajstić information content (AvgIpc) is 2.62. The van der Waals surface area contributed by atoms with Gasteiger partial charge >= 0.3 is 0 Å². The van der Waals surface area contributed by atoms with Gasteiger partial charge in [0.25, 0.3) is 0 Å². The van der Waals surface area contributed by atoms with E-state index in [4.69, 9.17) is 5.41 Å². The van der Waals surface area contributed by atoms with Gasteiger partial charge in [0.15, 0.2) is 0 Å². The summed E-state index contributed by atoms with van der Waals surface area (Å²) in [7, 11) is 0. The monoisotopic (exact) mass is 378 g/mol. The summed E-state index contributed by atoms with van der Waals surface area (Å²) < 4.78 is 0. The van der Waals surface area contributed by atoms with E-state index in [1.54, 1.807) is 0 Å². The molecule has 0 atom stereocenters. The van der Waals surface area contributed by atoms with E-state index >= 15 is 0 Å². The Kier molecular flexibility index (Phi) is 17.5. The Morgan fingerprint density at radius 3 is 2.00 bits per heavy atom. The molecule has 158 valence electrons. The fraction of sp³-hybridized carbons (Fsp3) is 0.833. The van der Waals surface area contributed by atoms with Gasteiger partial charge in [-0.05, 0) is 72.1 Å². The second-order valence-corrected chi connectivity index (χ2v) is 8.19. The van der Waals surface area contributed by atoms with Crippen molar-refractivity contribution in [2.45, 2.75) is 124 Å². The highest BCUT2D eigenvalue weighted by Gasteiger charge is 2.15. The van der Waals surface area contributed by atoms with E-state index in [0.29, 0.717) is 11.9 Å². The van der Waals surface area contributed by atoms with Crippen molar-refractivity contribution >= 4 is 11.6 Å². The van der Waals surface area contributed by atoms with Gasteiger partial charge in [0.2, 0.25) is 5.91 Å². The first-order chi connectivity index (χ1) is 13.0. The lowest BCUT2D eigenvalue weighted by molar-refractivity contribution is -0.133. The summed E-state index contributed by atoms with van der Waals surface area (Å²) >= 11 is 0. The zero-order valence-corrected chi connectivity index (χ0v) is 18.7. The topological polar surface area (TPSA) is 44.2 Å². The molecule has 0 aromatic carbocycles. The number of allylic oxidation sites excluding steroid dienone is 2. The molecule has 0 rings (SSSR count). The smallest absolute Gasteiger partial charge is 0.222 e. The first-order valence-electron chi connectivity index (χ1n) is 11.5. The number of carbonyl (C=O) groups excluding carboxylic acids is 1. The van der Waals surface area contributed by atoms with Crippen LogP contribution in [0.5, 0.6) is 0 Å². The average molecular weight is 379 g/mol. The highest BCUT2D eigenvalue weighted by molar-refractivity contribution is 5.78. The molecule has 0 heterocycles. The third-order valence-corrected chi connectivity index (χ3v) is 5.05. The number of nitrogens with one attached hydrogen (secondary N) is 1. The molecule has 0 saturated heterocycles. The fourth-order valence-electron chi connectivity index (χ4n) is 3.30. The summed E-state index contributed by atoms with van der Waals surface area (Å²) in [6.07, 6.45) is 20.5. The second kappa shape index (κ2) is 18.3. The standard InChI is InChI=1S/C24H46N2O/c1-5-6-7-17-20-24(27)26(22(2)3)21-18-15-13-11-9-8-10-12-14-16-19-23(4)25/h9,11,22,25H,5-8,10,12-21H2,1-4H3. The van der Waals surface area contributed by atoms with Gasteiger partial charge in [-0.25, -0.2) is 0 Å². The third-order valence-electron chi connectivity index (χ3n) is 5.05. The fourth-order valence-corrected chi connectivity index (χ4v) is 3.30. The molecule has 0 aliphatic rings. The Bertz CT molecular complexity index is 401. The number of amides is 1. The zero-order valence-electron chi connectivity index (χ0n) is 18.7. The van der Waals surface area contributed by atoms with Crippen molar-refractivity contribution in [3.8, 4) is 0 Å². The lowest BCUT2D eigenvalue weighted by atomic mass is 10.1. The number of unbranched alkanes of at least 4 members (excludes halogenated alkanes) is 9. The molecule has 0 aliphatic heterocycles. The van der Waals surface area contributed by atoms with Crippen LogP contribution in [0.1, 0.15) is 118 Å². The van der Waals surface area contributed by atoms with Crippen LogP contribution < -0.4 is 0 Å². The van der Waals surface area contributed by atoms with Gasteiger partial charge in [0, 0.05) is 24.7 Å². The van der Waals surface area contributed by atoms with E-state index in [0.717, 1.165) is 44.4 Å². The van der Waals surface area contributed by atoms with Crippen molar-refractivity contribution in [3.63, 3.8) is 0 Å². The largest absolute Gasteiger partial charge is 0.340 e. The van der Waals surface area contributed by atoms with Gasteiger partial charge < -0.3 is 10.3 Å². The van der Waals surface area contributed by atoms with Gasteiger partial charge in [0.05, 0.1) is 0 Å². The first kappa shape index (κ1) is 25.9. The molecule has 27 heavy (non-hydrogen) atoms. The van der Waals surface area contributed by atoms with Crippen LogP contribution in [0.2, 0.25) is 0 Å². The predicted octanol–water partition coefficient (Wildman–Crippen LogP) is 7.30. The van der Waals surface area contributed by atoms with Gasteiger partial charge in [-0.15, -0.1) is 0 Å². The van der Waals surface area contributed by atoms with E-state index in [1.807, 2.05) is 6.92 Å². The Labute approximate surface area is 169 Å². The molecule has 1 amide bonds. The van der Waals surface area contributed by atoms with Crippen molar-refractivity contribution in [1.82, 2.24) is 4.90 Å². The highest BCUT2D eigenvalue weighted by Crippen LogP contribution is 2.11. The SMILES string of the molecule is CCCCCCC(=O)N(CCCCC=CCCCCCCC(C)=N)C(C)C. The number of hydrogen-bond acceptors (Lipinski definition) is 2. The van der Waals surface area contributed by atoms with Gasteiger partial charge in [-0.1, -0.05) is 51.2 Å². The summed E-state index contributed by atoms with van der Waals surface area (Å²) in [6.45, 7) is 9.27. The van der Waals surface area contributed by atoms with Crippen LogP contribution in [0, 0.1) is 5.41 Å². The highest BCUT2D eigenvalue weighted by atomic mass is 16.2. The molecule has 0 aromatic rings. The van der Waals surface area contributed by atoms with Crippen molar-refractivity contribution < 1.29 is 4.79 Å². The molecular formula is C24H46N2O. The molecule has 0 aliphatic carbocycles. The van der Waals surface area contributed by atoms with Crippen LogP contribution in [-0.4, -0.2) is 29.1 Å². The first-order valence-corrected chi connectivity index (χ1v) is 11.5. The Morgan fingerprint density at radius 2 is 1.41 bits per heavy atom. The molecule has 0 radical (unpaired) electrons. The van der Waals surface area contributed by atoms with Crippen LogP contribution in [0.4, 0.5) is 0 Å². The summed E-state index contributed by atoms with van der Waals surface area (Å²) in [5.74, 6) is 0.342. The van der Waals surface area contributed by atoms with Crippen molar-refractivity contribution in [1.29, 1.82) is 5.41 Å². The predicted molar refractivity (Wildman–Crippen MR) is 120 cm³/mol. The van der Waals surface area contributed by atoms with E-state index in [9.17, 15) is 4.79 Å². The van der Waals surface area contributed by atoms with Crippen LogP contribution >= 0.6 is 0 Å². The van der Waals surface area contributed by atoms with Gasteiger partial charge in [-0.2, -0.15) is 0 Å². The maximum absolute atomic E-state index is 12.4. The Balaban J connectivity index is 3.70. The molecule has 1 N–H and O–H groups in total. The molecule has 0 fully saturated rings. The molecule has 0 aromatic heterocycles. The van der Waals surface area contributed by atoms with Crippen LogP contribution in [0.15, 0.2) is 12.2 Å². The minimum absolute atomic E-state index is 0.315. The quantitative estimate of drug-likeness (QED) is 0.152. The van der Waals surface area contributed by atoms with Crippen LogP contribution in [-0.2, 0) is 4.79 Å². The van der Waals surface area contributed by atoms with Crippen molar-refractivity contribution in [3.05, 3.63) is 12.2 Å². The Hall–Kier alpha value is -1.12. The van der Waals surface area contributed by atoms with Gasteiger partial charge in [-0.3, -0.25) is 4.79 Å². The van der Waals surface area contributed by atoms with Crippen molar-refractivity contribution in [2.24, 2.45) is 0 Å². The summed E-state index contributed by atoms with van der Waals surface area (Å²) in [4.78, 5) is 14.5. The number of nitrogens with zero attached hydrogens (tertiary/aromatic N) is 1.